The third-order valence-corrected chi connectivity index (χ3v) is 7.19. The second-order valence-electron chi connectivity index (χ2n) is 6.54. The Morgan fingerprint density at radius 2 is 1.92 bits per heavy atom. The molecule has 2 aromatic heterocycles. The van der Waals surface area contributed by atoms with Crippen LogP contribution >= 0.6 is 0 Å². The normalized spacial score (nSPS) is 17.8. The summed E-state index contributed by atoms with van der Waals surface area (Å²) in [6, 6.07) is 1.89. The number of methoxy groups -OCH3 is 2. The Labute approximate surface area is 151 Å². The second-order valence-corrected chi connectivity index (χ2v) is 8.12. The minimum atomic E-state index is -0.303. The molecule has 1 fully saturated rings. The van der Waals surface area contributed by atoms with Gasteiger partial charge in [0.1, 0.15) is 0 Å². The number of fused-ring (bicyclic) bond motifs is 5. The van der Waals surface area contributed by atoms with E-state index in [9.17, 15) is 0 Å². The van der Waals surface area contributed by atoms with Crippen LogP contribution < -0.4 is 14.2 Å². The van der Waals surface area contributed by atoms with Gasteiger partial charge in [0.05, 0.1) is 0 Å². The van der Waals surface area contributed by atoms with E-state index < -0.39 is 0 Å². The van der Waals surface area contributed by atoms with Gasteiger partial charge in [0.25, 0.3) is 0 Å². The molecule has 0 N–H and O–H groups in total. The quantitative estimate of drug-likeness (QED) is 0.608. The van der Waals surface area contributed by atoms with E-state index in [0.29, 0.717) is 22.8 Å². The first-order chi connectivity index (χ1) is 12.3. The number of furan rings is 1. The Morgan fingerprint density at radius 1 is 1.12 bits per heavy atom. The summed E-state index contributed by atoms with van der Waals surface area (Å²) in [5, 5.41) is 5.37. The van der Waals surface area contributed by atoms with E-state index in [1.807, 2.05) is 6.07 Å². The molecule has 6 nitrogen and oxygen atoms in total. The number of benzene rings is 1. The Bertz CT molecular complexity index is 956. The molecule has 1 aromatic carbocycles. The number of rotatable bonds is 2. The van der Waals surface area contributed by atoms with E-state index >= 15 is 0 Å². The average molecular weight is 405 g/mol. The van der Waals surface area contributed by atoms with Crippen molar-refractivity contribution >= 4 is 25.7 Å². The Kier molecular flexibility index (Phi) is 3.37. The van der Waals surface area contributed by atoms with E-state index in [0.717, 1.165) is 42.3 Å². The molecule has 1 spiro atoms. The molecule has 5 rings (SSSR count). The van der Waals surface area contributed by atoms with Crippen LogP contribution in [0.1, 0.15) is 36.5 Å². The van der Waals surface area contributed by atoms with Crippen LogP contribution in [0.2, 0.25) is 0 Å². The van der Waals surface area contributed by atoms with Crippen LogP contribution in [0, 0.1) is 0 Å². The first kappa shape index (κ1) is 15.3. The van der Waals surface area contributed by atoms with Gasteiger partial charge in [-0.05, 0) is 0 Å². The molecule has 0 bridgehead atoms. The molecular formula is C18H18N2O4Se. The van der Waals surface area contributed by atoms with Crippen LogP contribution in [0.15, 0.2) is 16.7 Å². The Morgan fingerprint density at radius 3 is 2.68 bits per heavy atom. The van der Waals surface area contributed by atoms with Crippen molar-refractivity contribution in [2.45, 2.75) is 37.7 Å². The number of hydrogen-bond acceptors (Lipinski definition) is 6. The van der Waals surface area contributed by atoms with Gasteiger partial charge in [0.15, 0.2) is 0 Å². The van der Waals surface area contributed by atoms with Crippen LogP contribution in [0.3, 0.4) is 0 Å². The SMILES string of the molecule is COc1c2c(c(OC)c3occc13)OC1(CCCCC1)c1[se]nnc1-2. The van der Waals surface area contributed by atoms with Crippen molar-refractivity contribution in [3.8, 4) is 28.5 Å². The Balaban J connectivity index is 1.87. The summed E-state index contributed by atoms with van der Waals surface area (Å²) in [6.45, 7) is 0. The van der Waals surface area contributed by atoms with E-state index in [1.165, 1.54) is 10.9 Å². The average Bonchev–Trinajstić information content (AvgIpc) is 3.30. The van der Waals surface area contributed by atoms with Gasteiger partial charge in [-0.25, -0.2) is 0 Å². The molecule has 1 aliphatic carbocycles. The zero-order valence-corrected chi connectivity index (χ0v) is 15.8. The summed E-state index contributed by atoms with van der Waals surface area (Å²) < 4.78 is 29.5. The molecule has 0 saturated heterocycles. The molecule has 25 heavy (non-hydrogen) atoms. The third kappa shape index (κ3) is 1.96. The number of ether oxygens (including phenoxy) is 3. The minimum absolute atomic E-state index is 0.0199. The standard InChI is InChI=1S/C18H18N2O4Se/c1-21-13-10-6-9-23-14(10)16(22-2)15-11(13)12-17(25-20-19-12)18(24-15)7-4-3-5-8-18/h6,9H,3-5,7-8H2,1-2H3. The van der Waals surface area contributed by atoms with Crippen molar-refractivity contribution in [2.75, 3.05) is 14.2 Å². The van der Waals surface area contributed by atoms with Gasteiger partial charge in [-0.1, -0.05) is 0 Å². The molecule has 0 unspecified atom stereocenters. The molecule has 2 aliphatic rings. The fourth-order valence-corrected chi connectivity index (χ4v) is 5.95. The van der Waals surface area contributed by atoms with Crippen LogP contribution in [-0.2, 0) is 5.60 Å². The predicted molar refractivity (Wildman–Crippen MR) is 92.7 cm³/mol. The first-order valence-corrected chi connectivity index (χ1v) is 10.1. The molecular weight excluding hydrogens is 387 g/mol. The van der Waals surface area contributed by atoms with E-state index in [2.05, 4.69) is 9.19 Å². The van der Waals surface area contributed by atoms with Crippen molar-refractivity contribution in [1.82, 2.24) is 9.19 Å². The summed E-state index contributed by atoms with van der Waals surface area (Å²) in [4.78, 5) is 0. The summed E-state index contributed by atoms with van der Waals surface area (Å²) in [5.41, 5.74) is 2.11. The van der Waals surface area contributed by atoms with Crippen molar-refractivity contribution < 1.29 is 18.6 Å². The summed E-state index contributed by atoms with van der Waals surface area (Å²) in [6.07, 6.45) is 7.21. The second kappa shape index (κ2) is 5.51. The summed E-state index contributed by atoms with van der Waals surface area (Å²) in [7, 11) is 3.31. The van der Waals surface area contributed by atoms with Crippen molar-refractivity contribution in [2.24, 2.45) is 0 Å². The van der Waals surface area contributed by atoms with Gasteiger partial charge in [0, 0.05) is 0 Å². The van der Waals surface area contributed by atoms with Crippen LogP contribution in [0.25, 0.3) is 22.2 Å². The predicted octanol–water partition coefficient (Wildman–Crippen LogP) is 3.52. The van der Waals surface area contributed by atoms with E-state index in [4.69, 9.17) is 18.6 Å². The fourth-order valence-electron chi connectivity index (χ4n) is 4.18. The molecule has 1 saturated carbocycles. The van der Waals surface area contributed by atoms with Gasteiger partial charge in [-0.2, -0.15) is 0 Å². The van der Waals surface area contributed by atoms with Gasteiger partial charge in [0.2, 0.25) is 0 Å². The zero-order valence-electron chi connectivity index (χ0n) is 14.1. The van der Waals surface area contributed by atoms with Crippen LogP contribution in [-0.4, -0.2) is 38.1 Å². The fraction of sp³-hybridized carbons (Fsp3) is 0.444. The van der Waals surface area contributed by atoms with Crippen LogP contribution in [0.5, 0.6) is 17.2 Å². The number of hydrogen-bond donors (Lipinski definition) is 0. The molecule has 0 radical (unpaired) electrons. The first-order valence-electron chi connectivity index (χ1n) is 8.46. The molecule has 130 valence electrons. The number of nitrogens with zero attached hydrogens (tertiary/aromatic N) is 2. The van der Waals surface area contributed by atoms with E-state index in [1.54, 1.807) is 20.5 Å². The van der Waals surface area contributed by atoms with Gasteiger partial charge in [-0.15, -0.1) is 0 Å². The topological polar surface area (TPSA) is 66.6 Å². The van der Waals surface area contributed by atoms with Crippen molar-refractivity contribution in [1.29, 1.82) is 0 Å². The summed E-state index contributed by atoms with van der Waals surface area (Å²) in [5.74, 6) is 2.01. The maximum atomic E-state index is 6.69. The summed E-state index contributed by atoms with van der Waals surface area (Å²) >= 11 is -0.0199. The van der Waals surface area contributed by atoms with E-state index in [-0.39, 0.29) is 20.3 Å². The molecule has 0 amide bonds. The third-order valence-electron chi connectivity index (χ3n) is 5.28. The Hall–Kier alpha value is -1.98. The van der Waals surface area contributed by atoms with Crippen LogP contribution in [0.4, 0.5) is 0 Å². The zero-order chi connectivity index (χ0) is 17.0. The maximum absolute atomic E-state index is 6.69. The van der Waals surface area contributed by atoms with Gasteiger partial charge >= 0.3 is 151 Å². The van der Waals surface area contributed by atoms with Crippen molar-refractivity contribution in [3.63, 3.8) is 0 Å². The molecule has 3 aromatic rings. The molecule has 0 atom stereocenters. The van der Waals surface area contributed by atoms with Crippen molar-refractivity contribution in [3.05, 3.63) is 16.8 Å². The number of aromatic nitrogens is 2. The van der Waals surface area contributed by atoms with Gasteiger partial charge in [-0.3, -0.25) is 0 Å². The van der Waals surface area contributed by atoms with Gasteiger partial charge < -0.3 is 0 Å². The monoisotopic (exact) mass is 406 g/mol. The molecule has 1 aliphatic heterocycles. The molecule has 7 heteroatoms. The molecule has 3 heterocycles.